The predicted octanol–water partition coefficient (Wildman–Crippen LogP) is 2.53. The lowest BCUT2D eigenvalue weighted by Gasteiger charge is -2.25. The maximum absolute atomic E-state index is 14.3. The van der Waals surface area contributed by atoms with Crippen LogP contribution in [0.1, 0.15) is 12.0 Å². The second-order valence-electron chi connectivity index (χ2n) is 4.64. The Balaban J connectivity index is 0.00000180. The second-order valence-corrected chi connectivity index (χ2v) is 5.50. The van der Waals surface area contributed by atoms with E-state index in [1.165, 1.54) is 4.90 Å². The molecular formula is C13H17BrClFN2O. The number of nitrogens with zero attached hydrogens (tertiary/aromatic N) is 1. The van der Waals surface area contributed by atoms with Crippen LogP contribution in [0.5, 0.6) is 0 Å². The van der Waals surface area contributed by atoms with E-state index < -0.39 is 11.6 Å². The molecule has 1 aromatic rings. The summed E-state index contributed by atoms with van der Waals surface area (Å²) in [6.45, 7) is 1.09. The summed E-state index contributed by atoms with van der Waals surface area (Å²) in [5.74, 6) is -0.441. The Morgan fingerprint density at radius 3 is 2.79 bits per heavy atom. The molecule has 0 saturated carbocycles. The van der Waals surface area contributed by atoms with Gasteiger partial charge in [0.1, 0.15) is 0 Å². The molecule has 1 saturated heterocycles. The first-order valence-corrected chi connectivity index (χ1v) is 6.71. The fourth-order valence-electron chi connectivity index (χ4n) is 2.14. The van der Waals surface area contributed by atoms with Gasteiger partial charge in [-0.25, -0.2) is 4.39 Å². The zero-order valence-electron chi connectivity index (χ0n) is 10.7. The fourth-order valence-corrected chi connectivity index (χ4v) is 2.55. The van der Waals surface area contributed by atoms with Crippen LogP contribution in [-0.2, 0) is 11.3 Å². The van der Waals surface area contributed by atoms with Crippen molar-refractivity contribution in [3.8, 4) is 0 Å². The van der Waals surface area contributed by atoms with Crippen molar-refractivity contribution >= 4 is 34.2 Å². The number of nitrogens with one attached hydrogen (secondary N) is 1. The first kappa shape index (κ1) is 16.4. The molecule has 6 heteroatoms. The molecule has 1 aromatic carbocycles. The van der Waals surface area contributed by atoms with E-state index in [9.17, 15) is 9.18 Å². The molecule has 0 aromatic heterocycles. The largest absolute Gasteiger partial charge is 0.339 e. The lowest BCUT2D eigenvalue weighted by molar-refractivity contribution is -0.142. The van der Waals surface area contributed by atoms with Crippen molar-refractivity contribution in [2.75, 3.05) is 20.1 Å². The average molecular weight is 352 g/mol. The number of benzene rings is 1. The minimum atomic E-state index is -1.74. The van der Waals surface area contributed by atoms with Crippen LogP contribution in [0.3, 0.4) is 0 Å². The van der Waals surface area contributed by atoms with Crippen LogP contribution >= 0.6 is 28.3 Å². The third-order valence-electron chi connectivity index (χ3n) is 3.20. The maximum Gasteiger partial charge on any atom is 0.261 e. The topological polar surface area (TPSA) is 32.3 Å². The fraction of sp³-hybridized carbons (Fsp3) is 0.462. The summed E-state index contributed by atoms with van der Waals surface area (Å²) in [4.78, 5) is 13.5. The molecule has 0 bridgehead atoms. The molecule has 3 nitrogen and oxygen atoms in total. The van der Waals surface area contributed by atoms with Gasteiger partial charge in [0.25, 0.3) is 5.91 Å². The van der Waals surface area contributed by atoms with Crippen molar-refractivity contribution in [2.24, 2.45) is 0 Å². The number of carbonyl (C=O) groups is 1. The van der Waals surface area contributed by atoms with Crippen LogP contribution in [-0.4, -0.2) is 36.6 Å². The first-order chi connectivity index (χ1) is 8.53. The molecule has 1 amide bonds. The van der Waals surface area contributed by atoms with Crippen molar-refractivity contribution in [3.63, 3.8) is 0 Å². The summed E-state index contributed by atoms with van der Waals surface area (Å²) < 4.78 is 15.2. The Hall–Kier alpha value is -0.650. The van der Waals surface area contributed by atoms with E-state index in [1.807, 2.05) is 24.3 Å². The Morgan fingerprint density at radius 2 is 2.21 bits per heavy atom. The average Bonchev–Trinajstić information content (AvgIpc) is 2.79. The van der Waals surface area contributed by atoms with E-state index in [1.54, 1.807) is 7.05 Å². The number of amides is 1. The zero-order chi connectivity index (χ0) is 13.2. The normalized spacial score (nSPS) is 21.8. The van der Waals surface area contributed by atoms with Crippen molar-refractivity contribution in [1.29, 1.82) is 0 Å². The van der Waals surface area contributed by atoms with Gasteiger partial charge in [0, 0.05) is 31.0 Å². The zero-order valence-corrected chi connectivity index (χ0v) is 13.1. The maximum atomic E-state index is 14.3. The molecule has 1 heterocycles. The van der Waals surface area contributed by atoms with E-state index >= 15 is 0 Å². The highest BCUT2D eigenvalue weighted by Gasteiger charge is 2.43. The lowest BCUT2D eigenvalue weighted by Crippen LogP contribution is -2.45. The Labute approximate surface area is 127 Å². The number of hydrogen-bond donors (Lipinski definition) is 1. The summed E-state index contributed by atoms with van der Waals surface area (Å²) in [6, 6.07) is 7.65. The highest BCUT2D eigenvalue weighted by atomic mass is 79.9. The lowest BCUT2D eigenvalue weighted by atomic mass is 10.0. The molecule has 0 aliphatic carbocycles. The molecule has 1 aliphatic heterocycles. The Morgan fingerprint density at radius 1 is 1.53 bits per heavy atom. The molecular weight excluding hydrogens is 335 g/mol. The first-order valence-electron chi connectivity index (χ1n) is 5.91. The van der Waals surface area contributed by atoms with Gasteiger partial charge in [-0.15, -0.1) is 12.4 Å². The van der Waals surface area contributed by atoms with E-state index in [2.05, 4.69) is 21.2 Å². The third kappa shape index (κ3) is 3.68. The minimum Gasteiger partial charge on any atom is -0.339 e. The number of halogens is 3. The van der Waals surface area contributed by atoms with Gasteiger partial charge in [-0.05, 0) is 18.2 Å². The van der Waals surface area contributed by atoms with Crippen LogP contribution in [0.15, 0.2) is 28.7 Å². The molecule has 106 valence electrons. The van der Waals surface area contributed by atoms with Gasteiger partial charge in [-0.1, -0.05) is 34.1 Å². The van der Waals surface area contributed by atoms with Gasteiger partial charge in [-0.2, -0.15) is 0 Å². The van der Waals surface area contributed by atoms with Crippen LogP contribution in [0.4, 0.5) is 4.39 Å². The highest BCUT2D eigenvalue weighted by Crippen LogP contribution is 2.24. The molecule has 1 fully saturated rings. The van der Waals surface area contributed by atoms with E-state index in [4.69, 9.17) is 0 Å². The van der Waals surface area contributed by atoms with Crippen LogP contribution in [0, 0.1) is 0 Å². The predicted molar refractivity (Wildman–Crippen MR) is 79.2 cm³/mol. The number of carbonyl (C=O) groups excluding carboxylic acids is 1. The van der Waals surface area contributed by atoms with E-state index in [-0.39, 0.29) is 25.4 Å². The quantitative estimate of drug-likeness (QED) is 0.907. The molecule has 2 rings (SSSR count). The molecule has 19 heavy (non-hydrogen) atoms. The van der Waals surface area contributed by atoms with Crippen molar-refractivity contribution in [3.05, 3.63) is 34.3 Å². The van der Waals surface area contributed by atoms with Crippen molar-refractivity contribution < 1.29 is 9.18 Å². The molecule has 1 unspecified atom stereocenters. The molecule has 1 N–H and O–H groups in total. The number of hydrogen-bond acceptors (Lipinski definition) is 2. The Bertz CT molecular complexity index is 452. The van der Waals surface area contributed by atoms with Gasteiger partial charge in [-0.3, -0.25) is 4.79 Å². The molecule has 1 aliphatic rings. The standard InChI is InChI=1S/C13H16BrFN2O.ClH/c1-17(8-10-4-2-3-5-11(10)14)12(18)13(15)6-7-16-9-13;/h2-5,16H,6-9H2,1H3;1H. The van der Waals surface area contributed by atoms with Gasteiger partial charge in [0.05, 0.1) is 0 Å². The summed E-state index contributed by atoms with van der Waals surface area (Å²) in [5.41, 5.74) is -0.765. The SMILES string of the molecule is CN(Cc1ccccc1Br)C(=O)C1(F)CCNC1.Cl. The van der Waals surface area contributed by atoms with Gasteiger partial charge in [0.15, 0.2) is 0 Å². The highest BCUT2D eigenvalue weighted by molar-refractivity contribution is 9.10. The molecule has 0 spiro atoms. The second kappa shape index (κ2) is 6.68. The summed E-state index contributed by atoms with van der Waals surface area (Å²) in [5, 5.41) is 2.89. The minimum absolute atomic E-state index is 0. The Kier molecular flexibility index (Phi) is 5.77. The van der Waals surface area contributed by atoms with Crippen LogP contribution in [0.2, 0.25) is 0 Å². The van der Waals surface area contributed by atoms with Crippen LogP contribution < -0.4 is 5.32 Å². The molecule has 0 radical (unpaired) electrons. The smallest absolute Gasteiger partial charge is 0.261 e. The van der Waals surface area contributed by atoms with Crippen LogP contribution in [0.25, 0.3) is 0 Å². The molecule has 1 atom stereocenters. The summed E-state index contributed by atoms with van der Waals surface area (Å²) in [7, 11) is 1.64. The van der Waals surface area contributed by atoms with Crippen molar-refractivity contribution in [2.45, 2.75) is 18.6 Å². The summed E-state index contributed by atoms with van der Waals surface area (Å²) in [6.07, 6.45) is 0.256. The summed E-state index contributed by atoms with van der Waals surface area (Å²) >= 11 is 3.43. The number of rotatable bonds is 3. The van der Waals surface area contributed by atoms with Gasteiger partial charge < -0.3 is 10.2 Å². The van der Waals surface area contributed by atoms with Crippen molar-refractivity contribution in [1.82, 2.24) is 10.2 Å². The van der Waals surface area contributed by atoms with E-state index in [0.29, 0.717) is 13.1 Å². The number of alkyl halides is 1. The monoisotopic (exact) mass is 350 g/mol. The van der Waals surface area contributed by atoms with E-state index in [0.717, 1.165) is 10.0 Å². The van der Waals surface area contributed by atoms with Gasteiger partial charge >= 0.3 is 0 Å². The third-order valence-corrected chi connectivity index (χ3v) is 3.97. The van der Waals surface area contributed by atoms with Gasteiger partial charge in [0.2, 0.25) is 5.67 Å².